The third-order valence-corrected chi connectivity index (χ3v) is 5.20. The topological polar surface area (TPSA) is 72.2 Å². The van der Waals surface area contributed by atoms with Crippen molar-refractivity contribution in [2.24, 2.45) is 5.73 Å². The Balaban J connectivity index is 0.00000324. The van der Waals surface area contributed by atoms with Crippen LogP contribution < -0.4 is 10.5 Å². The summed E-state index contributed by atoms with van der Waals surface area (Å²) in [6.07, 6.45) is 1.47. The lowest BCUT2D eigenvalue weighted by molar-refractivity contribution is 0.392. The summed E-state index contributed by atoms with van der Waals surface area (Å²) in [5.74, 6) is 0. The maximum absolute atomic E-state index is 12.1. The van der Waals surface area contributed by atoms with E-state index in [1.807, 2.05) is 19.9 Å². The van der Waals surface area contributed by atoms with Crippen LogP contribution in [0.25, 0.3) is 0 Å². The third kappa shape index (κ3) is 5.55. The normalized spacial score (nSPS) is 12.0. The molecule has 0 fully saturated rings. The molecule has 0 atom stereocenters. The van der Waals surface area contributed by atoms with E-state index < -0.39 is 15.6 Å². The minimum atomic E-state index is -3.47. The molecule has 0 aliphatic heterocycles. The first kappa shape index (κ1) is 19.1. The van der Waals surface area contributed by atoms with E-state index in [0.29, 0.717) is 0 Å². The van der Waals surface area contributed by atoms with Crippen molar-refractivity contribution in [3.05, 3.63) is 27.8 Å². The molecule has 0 aliphatic rings. The smallest absolute Gasteiger partial charge is 0.240 e. The molecule has 4 nitrogen and oxygen atoms in total. The lowest BCUT2D eigenvalue weighted by atomic mass is 9.95. The van der Waals surface area contributed by atoms with Gasteiger partial charge in [-0.25, -0.2) is 13.1 Å². The van der Waals surface area contributed by atoms with Gasteiger partial charge >= 0.3 is 0 Å². The van der Waals surface area contributed by atoms with Crippen LogP contribution in [0.5, 0.6) is 0 Å². The molecule has 0 spiro atoms. The quantitative estimate of drug-likeness (QED) is 0.697. The molecule has 1 aromatic rings. The Morgan fingerprint density at radius 2 is 1.89 bits per heavy atom. The number of nitrogens with one attached hydrogen (secondary N) is 1. The first-order chi connectivity index (χ1) is 8.33. The predicted molar refractivity (Wildman–Crippen MR) is 89.1 cm³/mol. The van der Waals surface area contributed by atoms with Crippen LogP contribution in [-0.4, -0.2) is 20.5 Å². The molecule has 3 N–H and O–H groups in total. The van der Waals surface area contributed by atoms with E-state index in [1.54, 1.807) is 18.2 Å². The summed E-state index contributed by atoms with van der Waals surface area (Å²) in [6.45, 7) is 4.18. The highest BCUT2D eigenvalue weighted by atomic mass is 127. The summed E-state index contributed by atoms with van der Waals surface area (Å²) in [4.78, 5) is 0.281. The van der Waals surface area contributed by atoms with Gasteiger partial charge in [0, 0.05) is 15.7 Å². The molecule has 1 rings (SSSR count). The van der Waals surface area contributed by atoms with Crippen molar-refractivity contribution in [1.29, 1.82) is 0 Å². The van der Waals surface area contributed by atoms with E-state index in [2.05, 4.69) is 27.3 Å². The van der Waals surface area contributed by atoms with Crippen molar-refractivity contribution < 1.29 is 8.42 Å². The summed E-state index contributed by atoms with van der Waals surface area (Å²) in [7, 11) is -3.47. The van der Waals surface area contributed by atoms with E-state index >= 15 is 0 Å². The molecule has 1 aromatic carbocycles. The Bertz CT molecular complexity index is 504. The van der Waals surface area contributed by atoms with E-state index in [-0.39, 0.29) is 23.8 Å². The minimum absolute atomic E-state index is 0. The maximum Gasteiger partial charge on any atom is 0.240 e. The standard InChI is InChI=1S/C12H19IN2O2S.ClH/c1-3-12(14,4-2)9-15-18(16,17)11-7-5-6-10(13)8-11;/h5-8,15H,3-4,9,14H2,1-2H3;1H. The van der Waals surface area contributed by atoms with Gasteiger partial charge in [-0.3, -0.25) is 0 Å². The van der Waals surface area contributed by atoms with Crippen LogP contribution >= 0.6 is 35.0 Å². The molecule has 0 heterocycles. The minimum Gasteiger partial charge on any atom is -0.324 e. The lowest BCUT2D eigenvalue weighted by Gasteiger charge is -2.26. The van der Waals surface area contributed by atoms with Gasteiger partial charge in [-0.15, -0.1) is 12.4 Å². The number of benzene rings is 1. The molecular formula is C12H20ClIN2O2S. The van der Waals surface area contributed by atoms with Crippen molar-refractivity contribution >= 4 is 45.0 Å². The Labute approximate surface area is 135 Å². The first-order valence-corrected chi connectivity index (χ1v) is 8.43. The zero-order chi connectivity index (χ0) is 13.8. The number of nitrogens with two attached hydrogens (primary N) is 1. The molecule has 0 unspecified atom stereocenters. The Hall–Kier alpha value is 0.110. The third-order valence-electron chi connectivity index (χ3n) is 3.13. The monoisotopic (exact) mass is 418 g/mol. The molecule has 0 amide bonds. The number of hydrogen-bond acceptors (Lipinski definition) is 3. The van der Waals surface area contributed by atoms with Crippen LogP contribution in [-0.2, 0) is 10.0 Å². The van der Waals surface area contributed by atoms with Crippen molar-refractivity contribution in [2.45, 2.75) is 37.1 Å². The van der Waals surface area contributed by atoms with Gasteiger partial charge in [0.15, 0.2) is 0 Å². The molecule has 19 heavy (non-hydrogen) atoms. The number of sulfonamides is 1. The number of rotatable bonds is 6. The van der Waals surface area contributed by atoms with Gasteiger partial charge in [0.2, 0.25) is 10.0 Å². The van der Waals surface area contributed by atoms with Crippen LogP contribution in [0.3, 0.4) is 0 Å². The zero-order valence-corrected chi connectivity index (χ0v) is 14.8. The summed E-state index contributed by atoms with van der Waals surface area (Å²) >= 11 is 2.09. The molecule has 0 aliphatic carbocycles. The molecule has 0 aromatic heterocycles. The zero-order valence-electron chi connectivity index (χ0n) is 11.0. The lowest BCUT2D eigenvalue weighted by Crippen LogP contribution is -2.49. The van der Waals surface area contributed by atoms with Crippen LogP contribution in [0.1, 0.15) is 26.7 Å². The van der Waals surface area contributed by atoms with Gasteiger partial charge in [0.25, 0.3) is 0 Å². The second-order valence-electron chi connectivity index (χ2n) is 4.35. The average molecular weight is 419 g/mol. The Kier molecular flexibility index (Phi) is 7.82. The van der Waals surface area contributed by atoms with Crippen LogP contribution in [0.15, 0.2) is 29.2 Å². The van der Waals surface area contributed by atoms with E-state index in [4.69, 9.17) is 5.73 Å². The van der Waals surface area contributed by atoms with Crippen molar-refractivity contribution in [2.75, 3.05) is 6.54 Å². The Morgan fingerprint density at radius 1 is 1.32 bits per heavy atom. The van der Waals surface area contributed by atoms with E-state index in [9.17, 15) is 8.42 Å². The average Bonchev–Trinajstić information content (AvgIpc) is 2.36. The van der Waals surface area contributed by atoms with Crippen LogP contribution in [0, 0.1) is 3.57 Å². The fourth-order valence-corrected chi connectivity index (χ4v) is 3.39. The highest BCUT2D eigenvalue weighted by molar-refractivity contribution is 14.1. The molecule has 0 saturated heterocycles. The summed E-state index contributed by atoms with van der Waals surface area (Å²) in [6, 6.07) is 6.80. The summed E-state index contributed by atoms with van der Waals surface area (Å²) in [5.41, 5.74) is 5.61. The van der Waals surface area contributed by atoms with Crippen molar-refractivity contribution in [1.82, 2.24) is 4.72 Å². The van der Waals surface area contributed by atoms with Gasteiger partial charge in [-0.05, 0) is 53.6 Å². The van der Waals surface area contributed by atoms with Crippen molar-refractivity contribution in [3.63, 3.8) is 0 Å². The summed E-state index contributed by atoms with van der Waals surface area (Å²) < 4.78 is 27.7. The van der Waals surface area contributed by atoms with Gasteiger partial charge in [-0.2, -0.15) is 0 Å². The van der Waals surface area contributed by atoms with Gasteiger partial charge in [0.05, 0.1) is 4.90 Å². The van der Waals surface area contributed by atoms with E-state index in [0.717, 1.165) is 16.4 Å². The second kappa shape index (κ2) is 7.78. The predicted octanol–water partition coefficient (Wildman–Crippen LogP) is 2.51. The maximum atomic E-state index is 12.1. The van der Waals surface area contributed by atoms with Crippen LogP contribution in [0.2, 0.25) is 0 Å². The van der Waals surface area contributed by atoms with Gasteiger partial charge in [0.1, 0.15) is 0 Å². The molecular weight excluding hydrogens is 399 g/mol. The van der Waals surface area contributed by atoms with Crippen LogP contribution in [0.4, 0.5) is 0 Å². The number of halogens is 2. The SMILES string of the molecule is CCC(N)(CC)CNS(=O)(=O)c1cccc(I)c1.Cl. The fourth-order valence-electron chi connectivity index (χ4n) is 1.46. The van der Waals surface area contributed by atoms with Gasteiger partial charge < -0.3 is 5.73 Å². The second-order valence-corrected chi connectivity index (χ2v) is 7.36. The first-order valence-electron chi connectivity index (χ1n) is 5.87. The molecule has 110 valence electrons. The highest BCUT2D eigenvalue weighted by Gasteiger charge is 2.23. The van der Waals surface area contributed by atoms with E-state index in [1.165, 1.54) is 0 Å². The van der Waals surface area contributed by atoms with Crippen molar-refractivity contribution in [3.8, 4) is 0 Å². The molecule has 0 bridgehead atoms. The molecule has 0 radical (unpaired) electrons. The Morgan fingerprint density at radius 3 is 2.37 bits per heavy atom. The van der Waals surface area contributed by atoms with Gasteiger partial charge in [-0.1, -0.05) is 19.9 Å². The number of hydrogen-bond donors (Lipinski definition) is 2. The fraction of sp³-hybridized carbons (Fsp3) is 0.500. The summed E-state index contributed by atoms with van der Waals surface area (Å²) in [5, 5.41) is 0. The molecule has 7 heteroatoms. The largest absolute Gasteiger partial charge is 0.324 e. The highest BCUT2D eigenvalue weighted by Crippen LogP contribution is 2.15. The molecule has 0 saturated carbocycles.